The van der Waals surface area contributed by atoms with Crippen LogP contribution in [0.5, 0.6) is 0 Å². The molecular formula is C16H26N2O. The summed E-state index contributed by atoms with van der Waals surface area (Å²) in [6, 6.07) is 8.38. The Hall–Kier alpha value is -1.35. The highest BCUT2D eigenvalue weighted by molar-refractivity contribution is 5.78. The lowest BCUT2D eigenvalue weighted by Crippen LogP contribution is -2.48. The number of amides is 1. The highest BCUT2D eigenvalue weighted by atomic mass is 16.2. The molecule has 0 aromatic heterocycles. The maximum Gasteiger partial charge on any atom is 0.237 e. The van der Waals surface area contributed by atoms with Crippen LogP contribution in [0.1, 0.15) is 31.4 Å². The van der Waals surface area contributed by atoms with Gasteiger partial charge in [0.1, 0.15) is 0 Å². The predicted octanol–water partition coefficient (Wildman–Crippen LogP) is 2.69. The largest absolute Gasteiger partial charge is 0.336 e. The Kier molecular flexibility index (Phi) is 6.57. The summed E-state index contributed by atoms with van der Waals surface area (Å²) in [6.07, 6.45) is 1.25. The lowest BCUT2D eigenvalue weighted by Gasteiger charge is -2.32. The van der Waals surface area contributed by atoms with E-state index in [-0.39, 0.29) is 5.91 Å². The summed E-state index contributed by atoms with van der Waals surface area (Å²) in [6.45, 7) is 9.42. The molecule has 0 spiro atoms. The topological polar surface area (TPSA) is 23.6 Å². The molecule has 0 radical (unpaired) electrons. The monoisotopic (exact) mass is 262 g/mol. The molecule has 1 aliphatic rings. The molecule has 1 aromatic carbocycles. The van der Waals surface area contributed by atoms with Crippen molar-refractivity contribution in [3.63, 3.8) is 0 Å². The Labute approximate surface area is 117 Å². The van der Waals surface area contributed by atoms with Gasteiger partial charge >= 0.3 is 0 Å². The van der Waals surface area contributed by atoms with Gasteiger partial charge in [-0.25, -0.2) is 0 Å². The molecule has 1 saturated heterocycles. The summed E-state index contributed by atoms with van der Waals surface area (Å²) in [5.74, 6) is 0.231. The number of likely N-dealkylation sites (N-methyl/N-ethyl adjacent to an activating group) is 1. The summed E-state index contributed by atoms with van der Waals surface area (Å²) in [5.41, 5.74) is 2.47. The molecule has 0 N–H and O–H groups in total. The summed E-state index contributed by atoms with van der Waals surface area (Å²) >= 11 is 0. The van der Waals surface area contributed by atoms with Crippen molar-refractivity contribution in [3.05, 3.63) is 35.4 Å². The number of piperazine rings is 1. The lowest BCUT2D eigenvalue weighted by atomic mass is 10.1. The zero-order valence-electron chi connectivity index (χ0n) is 12.6. The van der Waals surface area contributed by atoms with Crippen LogP contribution in [-0.4, -0.2) is 42.4 Å². The fraction of sp³-hybridized carbons (Fsp3) is 0.562. The van der Waals surface area contributed by atoms with E-state index in [0.717, 1.165) is 19.6 Å². The van der Waals surface area contributed by atoms with E-state index < -0.39 is 0 Å². The number of carbonyl (C=O) groups is 1. The Morgan fingerprint density at radius 2 is 1.68 bits per heavy atom. The first-order valence-electron chi connectivity index (χ1n) is 7.08. The highest BCUT2D eigenvalue weighted by Crippen LogP contribution is 2.09. The van der Waals surface area contributed by atoms with E-state index in [1.54, 1.807) is 0 Å². The molecule has 0 saturated carbocycles. The van der Waals surface area contributed by atoms with Crippen LogP contribution in [0.15, 0.2) is 24.3 Å². The van der Waals surface area contributed by atoms with Gasteiger partial charge in [0.2, 0.25) is 5.91 Å². The van der Waals surface area contributed by atoms with Crippen molar-refractivity contribution in [2.45, 2.75) is 33.7 Å². The van der Waals surface area contributed by atoms with Crippen LogP contribution in [0.25, 0.3) is 0 Å². The standard InChI is InChI=1S/C13H18N2O.C3H8/c1-11-3-5-12(6-4-11)9-15-8-7-14(2)10-13(15)16;1-3-2/h3-6H,7-10H2,1-2H3;3H2,1-2H3. The molecule has 3 heteroatoms. The summed E-state index contributed by atoms with van der Waals surface area (Å²) in [4.78, 5) is 15.8. The van der Waals surface area contributed by atoms with Gasteiger partial charge in [0.05, 0.1) is 6.54 Å². The van der Waals surface area contributed by atoms with E-state index in [1.165, 1.54) is 17.5 Å². The van der Waals surface area contributed by atoms with Crippen molar-refractivity contribution in [1.82, 2.24) is 9.80 Å². The summed E-state index contributed by atoms with van der Waals surface area (Å²) < 4.78 is 0. The van der Waals surface area contributed by atoms with E-state index in [9.17, 15) is 4.79 Å². The molecule has 1 aromatic rings. The second-order valence-corrected chi connectivity index (χ2v) is 5.25. The number of carbonyl (C=O) groups excluding carboxylic acids is 1. The van der Waals surface area contributed by atoms with Gasteiger partial charge in [-0.3, -0.25) is 9.69 Å². The molecule has 0 bridgehead atoms. The highest BCUT2D eigenvalue weighted by Gasteiger charge is 2.21. The maximum atomic E-state index is 11.8. The van der Waals surface area contributed by atoms with E-state index in [0.29, 0.717) is 6.54 Å². The number of rotatable bonds is 2. The third-order valence-corrected chi connectivity index (χ3v) is 3.00. The van der Waals surface area contributed by atoms with Crippen molar-refractivity contribution < 1.29 is 4.79 Å². The van der Waals surface area contributed by atoms with Crippen LogP contribution in [0.3, 0.4) is 0 Å². The van der Waals surface area contributed by atoms with E-state index in [1.807, 2.05) is 11.9 Å². The molecule has 0 atom stereocenters. The van der Waals surface area contributed by atoms with Crippen molar-refractivity contribution in [1.29, 1.82) is 0 Å². The smallest absolute Gasteiger partial charge is 0.237 e. The normalized spacial score (nSPS) is 16.0. The van der Waals surface area contributed by atoms with Gasteiger partial charge in [-0.2, -0.15) is 0 Å². The number of nitrogens with zero attached hydrogens (tertiary/aromatic N) is 2. The van der Waals surface area contributed by atoms with Crippen molar-refractivity contribution in [2.24, 2.45) is 0 Å². The lowest BCUT2D eigenvalue weighted by molar-refractivity contribution is -0.136. The third-order valence-electron chi connectivity index (χ3n) is 3.00. The predicted molar refractivity (Wildman–Crippen MR) is 80.1 cm³/mol. The molecule has 1 aliphatic heterocycles. The zero-order valence-corrected chi connectivity index (χ0v) is 12.6. The molecule has 1 heterocycles. The summed E-state index contributed by atoms with van der Waals surface area (Å²) in [7, 11) is 1.99. The second-order valence-electron chi connectivity index (χ2n) is 5.25. The maximum absolute atomic E-state index is 11.8. The fourth-order valence-corrected chi connectivity index (χ4v) is 1.91. The third kappa shape index (κ3) is 5.43. The molecule has 1 amide bonds. The van der Waals surface area contributed by atoms with E-state index in [2.05, 4.69) is 49.9 Å². The first-order valence-corrected chi connectivity index (χ1v) is 7.08. The minimum absolute atomic E-state index is 0.231. The molecule has 3 nitrogen and oxygen atoms in total. The SMILES string of the molecule is CCC.Cc1ccc(CN2CCN(C)CC2=O)cc1. The number of benzene rings is 1. The number of aryl methyl sites for hydroxylation is 1. The van der Waals surface area contributed by atoms with Crippen LogP contribution >= 0.6 is 0 Å². The van der Waals surface area contributed by atoms with E-state index in [4.69, 9.17) is 0 Å². The molecule has 19 heavy (non-hydrogen) atoms. The van der Waals surface area contributed by atoms with Crippen LogP contribution in [0.2, 0.25) is 0 Å². The van der Waals surface area contributed by atoms with Crippen molar-refractivity contribution >= 4 is 5.91 Å². The Bertz CT molecular complexity index is 386. The van der Waals surface area contributed by atoms with Gasteiger partial charge in [-0.1, -0.05) is 50.1 Å². The number of hydrogen-bond donors (Lipinski definition) is 0. The van der Waals surface area contributed by atoms with Crippen LogP contribution in [-0.2, 0) is 11.3 Å². The van der Waals surface area contributed by atoms with Gasteiger partial charge in [0.25, 0.3) is 0 Å². The minimum atomic E-state index is 0.231. The molecule has 106 valence electrons. The Balaban J connectivity index is 0.000000550. The molecule has 0 unspecified atom stereocenters. The van der Waals surface area contributed by atoms with E-state index >= 15 is 0 Å². The van der Waals surface area contributed by atoms with Gasteiger partial charge in [0, 0.05) is 19.6 Å². The van der Waals surface area contributed by atoms with Crippen LogP contribution < -0.4 is 0 Å². The van der Waals surface area contributed by atoms with Crippen molar-refractivity contribution in [2.75, 3.05) is 26.7 Å². The average Bonchev–Trinajstić information content (AvgIpc) is 2.36. The Morgan fingerprint density at radius 1 is 1.11 bits per heavy atom. The van der Waals surface area contributed by atoms with Crippen LogP contribution in [0, 0.1) is 6.92 Å². The zero-order chi connectivity index (χ0) is 14.3. The second kappa shape index (κ2) is 7.95. The number of hydrogen-bond acceptors (Lipinski definition) is 2. The molecule has 2 rings (SSSR count). The molecule has 0 aliphatic carbocycles. The fourth-order valence-electron chi connectivity index (χ4n) is 1.91. The molecular weight excluding hydrogens is 236 g/mol. The van der Waals surface area contributed by atoms with Crippen molar-refractivity contribution in [3.8, 4) is 0 Å². The van der Waals surface area contributed by atoms with Gasteiger partial charge < -0.3 is 4.90 Å². The quantitative estimate of drug-likeness (QED) is 0.818. The first kappa shape index (κ1) is 15.7. The Morgan fingerprint density at radius 3 is 2.21 bits per heavy atom. The van der Waals surface area contributed by atoms with Gasteiger partial charge in [0.15, 0.2) is 0 Å². The van der Waals surface area contributed by atoms with Gasteiger partial charge in [-0.15, -0.1) is 0 Å². The summed E-state index contributed by atoms with van der Waals surface area (Å²) in [5, 5.41) is 0. The first-order chi connectivity index (χ1) is 9.06. The average molecular weight is 262 g/mol. The van der Waals surface area contributed by atoms with Crippen LogP contribution in [0.4, 0.5) is 0 Å². The van der Waals surface area contributed by atoms with Gasteiger partial charge in [-0.05, 0) is 19.5 Å². The molecule has 1 fully saturated rings. The minimum Gasteiger partial charge on any atom is -0.336 e.